The Balaban J connectivity index is 1.45. The number of carbonyl (C=O) groups is 1. The second-order valence-electron chi connectivity index (χ2n) is 9.68. The van der Waals surface area contributed by atoms with Gasteiger partial charge in [-0.3, -0.25) is 9.59 Å². The minimum absolute atomic E-state index is 0.156. The van der Waals surface area contributed by atoms with E-state index in [0.717, 1.165) is 37.7 Å². The minimum atomic E-state index is -0.745. The summed E-state index contributed by atoms with van der Waals surface area (Å²) >= 11 is 6.49. The molecule has 1 heterocycles. The Labute approximate surface area is 180 Å². The van der Waals surface area contributed by atoms with Crippen molar-refractivity contribution >= 4 is 23.3 Å². The number of nitrogens with zero attached hydrogens (tertiary/aromatic N) is 2. The largest absolute Gasteiger partial charge is 0.481 e. The molecule has 0 radical (unpaired) electrons. The second kappa shape index (κ2) is 7.12. The van der Waals surface area contributed by atoms with Crippen molar-refractivity contribution in [3.05, 3.63) is 57.5 Å². The molecule has 0 unspecified atom stereocenters. The number of carboxylic acids is 1. The van der Waals surface area contributed by atoms with Gasteiger partial charge in [-0.2, -0.15) is 5.10 Å². The van der Waals surface area contributed by atoms with E-state index < -0.39 is 11.5 Å². The van der Waals surface area contributed by atoms with E-state index >= 15 is 0 Å². The molecule has 4 saturated carbocycles. The molecular weight excluding hydrogens is 402 g/mol. The maximum atomic E-state index is 13.3. The number of hydrogen-bond acceptors (Lipinski definition) is 4. The molecule has 6 nitrogen and oxygen atoms in total. The van der Waals surface area contributed by atoms with Crippen molar-refractivity contribution in [1.29, 1.82) is 0 Å². The van der Waals surface area contributed by atoms with Crippen LogP contribution < -0.4 is 10.9 Å². The van der Waals surface area contributed by atoms with Crippen LogP contribution in [0.2, 0.25) is 5.02 Å². The quantitative estimate of drug-likeness (QED) is 0.718. The summed E-state index contributed by atoms with van der Waals surface area (Å²) < 4.78 is 1.59. The monoisotopic (exact) mass is 427 g/mol. The maximum absolute atomic E-state index is 13.3. The molecule has 0 saturated heterocycles. The molecule has 2 N–H and O–H groups in total. The molecule has 2 aromatic rings. The van der Waals surface area contributed by atoms with Gasteiger partial charge in [0.2, 0.25) is 0 Å². The number of carboxylic acid groups (broad SMARTS) is 1. The van der Waals surface area contributed by atoms with Gasteiger partial charge in [0.15, 0.2) is 0 Å². The Morgan fingerprint density at radius 3 is 2.57 bits per heavy atom. The van der Waals surface area contributed by atoms with Crippen LogP contribution >= 0.6 is 11.6 Å². The summed E-state index contributed by atoms with van der Waals surface area (Å²) in [6.07, 6.45) is 7.38. The van der Waals surface area contributed by atoms with E-state index in [4.69, 9.17) is 11.6 Å². The van der Waals surface area contributed by atoms with E-state index in [0.29, 0.717) is 30.5 Å². The van der Waals surface area contributed by atoms with Crippen molar-refractivity contribution in [3.8, 4) is 0 Å². The summed E-state index contributed by atoms with van der Waals surface area (Å²) in [7, 11) is 0. The van der Waals surface area contributed by atoms with Crippen LogP contribution in [0.3, 0.4) is 0 Å². The lowest BCUT2D eigenvalue weighted by Crippen LogP contribution is -2.59. The van der Waals surface area contributed by atoms with Crippen molar-refractivity contribution in [2.24, 2.45) is 17.3 Å². The fourth-order valence-corrected chi connectivity index (χ4v) is 7.06. The summed E-state index contributed by atoms with van der Waals surface area (Å²) in [5, 5.41) is 17.4. The van der Waals surface area contributed by atoms with Crippen LogP contribution in [-0.2, 0) is 16.9 Å². The van der Waals surface area contributed by atoms with Gasteiger partial charge in [-0.05, 0) is 61.3 Å². The average Bonchev–Trinajstić information content (AvgIpc) is 2.67. The number of aromatic nitrogens is 2. The smallest absolute Gasteiger partial charge is 0.303 e. The first-order chi connectivity index (χ1) is 14.4. The average molecular weight is 428 g/mol. The number of nitrogens with one attached hydrogen (secondary N) is 1. The van der Waals surface area contributed by atoms with Crippen LogP contribution in [0.15, 0.2) is 41.3 Å². The second-order valence-corrected chi connectivity index (χ2v) is 10.1. The Morgan fingerprint density at radius 1 is 1.20 bits per heavy atom. The molecule has 1 aromatic carbocycles. The van der Waals surface area contributed by atoms with E-state index in [9.17, 15) is 14.7 Å². The molecule has 0 aliphatic heterocycles. The van der Waals surface area contributed by atoms with Crippen LogP contribution in [0.5, 0.6) is 0 Å². The van der Waals surface area contributed by atoms with Crippen molar-refractivity contribution in [2.45, 2.75) is 57.0 Å². The highest BCUT2D eigenvalue weighted by Crippen LogP contribution is 2.65. The number of benzene rings is 1. The lowest BCUT2D eigenvalue weighted by Gasteiger charge is -2.61. The maximum Gasteiger partial charge on any atom is 0.303 e. The molecule has 4 fully saturated rings. The van der Waals surface area contributed by atoms with Crippen molar-refractivity contribution in [1.82, 2.24) is 9.78 Å². The van der Waals surface area contributed by atoms with E-state index in [1.54, 1.807) is 10.9 Å². The molecular formula is C23H26ClN3O3. The normalized spacial score (nSPS) is 31.6. The van der Waals surface area contributed by atoms with E-state index in [1.165, 1.54) is 0 Å². The third kappa shape index (κ3) is 3.31. The molecule has 4 aliphatic carbocycles. The summed E-state index contributed by atoms with van der Waals surface area (Å²) in [4.78, 5) is 24.8. The van der Waals surface area contributed by atoms with Gasteiger partial charge in [0.1, 0.15) is 5.02 Å². The van der Waals surface area contributed by atoms with E-state index in [-0.39, 0.29) is 22.4 Å². The van der Waals surface area contributed by atoms with Crippen LogP contribution in [0.25, 0.3) is 0 Å². The van der Waals surface area contributed by atoms with Gasteiger partial charge in [-0.25, -0.2) is 4.68 Å². The molecule has 30 heavy (non-hydrogen) atoms. The zero-order chi connectivity index (χ0) is 20.9. The van der Waals surface area contributed by atoms with Crippen LogP contribution in [0, 0.1) is 17.3 Å². The molecule has 4 bridgehead atoms. The third-order valence-corrected chi connectivity index (χ3v) is 7.74. The molecule has 6 rings (SSSR count). The predicted molar refractivity (Wildman–Crippen MR) is 115 cm³/mol. The van der Waals surface area contributed by atoms with Crippen molar-refractivity contribution in [3.63, 3.8) is 0 Å². The lowest BCUT2D eigenvalue weighted by atomic mass is 9.46. The van der Waals surface area contributed by atoms with Gasteiger partial charge in [0, 0.05) is 6.54 Å². The highest BCUT2D eigenvalue weighted by Gasteiger charge is 2.59. The van der Waals surface area contributed by atoms with Crippen LogP contribution in [-0.4, -0.2) is 20.9 Å². The SMILES string of the molecule is O=C(O)CC12C[C@@H]3C[C@@H](C1)CC(n1ncc(NCc4ccccc4)c(Cl)c1=O)(C3)C2. The van der Waals surface area contributed by atoms with Crippen molar-refractivity contribution in [2.75, 3.05) is 5.32 Å². The number of rotatable bonds is 6. The van der Waals surface area contributed by atoms with E-state index in [1.807, 2.05) is 30.3 Å². The zero-order valence-corrected chi connectivity index (χ0v) is 17.6. The van der Waals surface area contributed by atoms with E-state index in [2.05, 4.69) is 10.4 Å². The molecule has 158 valence electrons. The lowest BCUT2D eigenvalue weighted by molar-refractivity contribution is -0.151. The van der Waals surface area contributed by atoms with Gasteiger partial charge >= 0.3 is 5.97 Å². The summed E-state index contributed by atoms with van der Waals surface area (Å²) in [6.45, 7) is 0.558. The van der Waals surface area contributed by atoms with Gasteiger partial charge in [-0.15, -0.1) is 0 Å². The highest BCUT2D eigenvalue weighted by molar-refractivity contribution is 6.32. The molecule has 1 aromatic heterocycles. The number of halogens is 1. The highest BCUT2D eigenvalue weighted by atomic mass is 35.5. The Kier molecular flexibility index (Phi) is 4.65. The molecule has 2 atom stereocenters. The third-order valence-electron chi connectivity index (χ3n) is 7.37. The summed E-state index contributed by atoms with van der Waals surface area (Å²) in [5.74, 6) is 0.189. The Morgan fingerprint density at radius 2 is 1.90 bits per heavy atom. The van der Waals surface area contributed by atoms with Crippen LogP contribution in [0.1, 0.15) is 50.5 Å². The molecule has 4 aliphatic rings. The molecule has 7 heteroatoms. The van der Waals surface area contributed by atoms with Gasteiger partial charge < -0.3 is 10.4 Å². The zero-order valence-electron chi connectivity index (χ0n) is 16.8. The first-order valence-corrected chi connectivity index (χ1v) is 11.0. The topological polar surface area (TPSA) is 84.2 Å². The molecule has 0 amide bonds. The Hall–Kier alpha value is -2.34. The van der Waals surface area contributed by atoms with Crippen molar-refractivity contribution < 1.29 is 9.90 Å². The first kappa shape index (κ1) is 19.6. The Bertz CT molecular complexity index is 1020. The number of aliphatic carboxylic acids is 1. The van der Waals surface area contributed by atoms with Gasteiger partial charge in [0.05, 0.1) is 23.8 Å². The fraction of sp³-hybridized carbons (Fsp3) is 0.522. The number of hydrogen-bond donors (Lipinski definition) is 2. The van der Waals surface area contributed by atoms with Gasteiger partial charge in [-0.1, -0.05) is 41.9 Å². The summed E-state index contributed by atoms with van der Waals surface area (Å²) in [6, 6.07) is 9.91. The fourth-order valence-electron chi connectivity index (χ4n) is 6.86. The standard InChI is InChI=1S/C23H26ClN3O3/c24-20-18(25-12-15-4-2-1-3-5-15)13-26-27(21(20)30)23-9-16-6-17(10-23)8-22(7-16,14-23)11-19(28)29/h1-5,13,16-17,25H,6-12,14H2,(H,28,29)/t16-,17-,22?,23?/m0/s1. The molecule has 0 spiro atoms. The minimum Gasteiger partial charge on any atom is -0.481 e. The van der Waals surface area contributed by atoms with Crippen LogP contribution in [0.4, 0.5) is 5.69 Å². The first-order valence-electron chi connectivity index (χ1n) is 10.7. The van der Waals surface area contributed by atoms with Gasteiger partial charge in [0.25, 0.3) is 5.56 Å². The predicted octanol–water partition coefficient (Wildman–Crippen LogP) is 4.28. The summed E-state index contributed by atoms with van der Waals surface area (Å²) in [5.41, 5.74) is 0.731. The number of anilines is 1.